The van der Waals surface area contributed by atoms with Crippen LogP contribution in [-0.4, -0.2) is 19.7 Å². The van der Waals surface area contributed by atoms with Crippen molar-refractivity contribution in [2.45, 2.75) is 13.3 Å². The Kier molecular flexibility index (Phi) is 2.36. The molecule has 0 aliphatic carbocycles. The number of hydrogen-bond acceptors (Lipinski definition) is 3. The van der Waals surface area contributed by atoms with Gasteiger partial charge in [-0.3, -0.25) is 0 Å². The first kappa shape index (κ1) is 9.98. The van der Waals surface area contributed by atoms with E-state index in [1.165, 1.54) is 4.52 Å². The second kappa shape index (κ2) is 3.55. The minimum atomic E-state index is 0.0722. The lowest BCUT2D eigenvalue weighted by Gasteiger charge is -2.04. The van der Waals surface area contributed by atoms with Gasteiger partial charge in [-0.05, 0) is 13.3 Å². The van der Waals surface area contributed by atoms with Gasteiger partial charge < -0.3 is 5.11 Å². The van der Waals surface area contributed by atoms with Crippen molar-refractivity contribution in [3.8, 4) is 5.75 Å². The summed E-state index contributed by atoms with van der Waals surface area (Å²) in [7, 11) is 0. The van der Waals surface area contributed by atoms with Crippen LogP contribution in [0.2, 0.25) is 5.15 Å². The number of aryl methyl sites for hydroxylation is 1. The Bertz CT molecular complexity index is 533. The van der Waals surface area contributed by atoms with Crippen LogP contribution in [0.3, 0.4) is 0 Å². The summed E-state index contributed by atoms with van der Waals surface area (Å²) in [6.45, 7) is 5.43. The first-order chi connectivity index (χ1) is 7.13. The van der Waals surface area contributed by atoms with Gasteiger partial charge in [-0.1, -0.05) is 17.7 Å². The van der Waals surface area contributed by atoms with Crippen LogP contribution in [0.25, 0.3) is 5.65 Å². The molecule has 2 rings (SSSR count). The fraction of sp³-hybridized carbons (Fsp3) is 0.200. The molecule has 2 heterocycles. The monoisotopic (exact) mass is 223 g/mol. The highest BCUT2D eigenvalue weighted by Crippen LogP contribution is 2.28. The van der Waals surface area contributed by atoms with Crippen LogP contribution in [0, 0.1) is 6.92 Å². The number of halogens is 1. The molecule has 0 radical (unpaired) electrons. The van der Waals surface area contributed by atoms with Gasteiger partial charge in [-0.15, -0.1) is 6.58 Å². The Morgan fingerprint density at radius 3 is 3.07 bits per heavy atom. The number of imidazole rings is 1. The molecule has 2 aromatic rings. The highest BCUT2D eigenvalue weighted by molar-refractivity contribution is 6.30. The maximum absolute atomic E-state index is 9.92. The Morgan fingerprint density at radius 2 is 2.40 bits per heavy atom. The normalized spacial score (nSPS) is 10.8. The van der Waals surface area contributed by atoms with Crippen molar-refractivity contribution in [1.82, 2.24) is 14.6 Å². The van der Waals surface area contributed by atoms with E-state index in [9.17, 15) is 5.11 Å². The van der Waals surface area contributed by atoms with Crippen molar-refractivity contribution in [2.24, 2.45) is 0 Å². The number of aromatic hydroxyl groups is 1. The summed E-state index contributed by atoms with van der Waals surface area (Å²) in [5.74, 6) is 0.0722. The highest BCUT2D eigenvalue weighted by atomic mass is 35.5. The first-order valence-electron chi connectivity index (χ1n) is 4.47. The maximum atomic E-state index is 9.92. The standard InChI is InChI=1S/C10H10ClN3O/c1-3-4-7-8(15)10-12-6(2)5-14(10)13-9(7)11/h3,5,15H,1,4H2,2H3. The van der Waals surface area contributed by atoms with Gasteiger partial charge in [-0.25, -0.2) is 9.50 Å². The zero-order valence-corrected chi connectivity index (χ0v) is 8.99. The van der Waals surface area contributed by atoms with Gasteiger partial charge in [0.05, 0.1) is 11.9 Å². The number of fused-ring (bicyclic) bond motifs is 1. The number of nitrogens with zero attached hydrogens (tertiary/aromatic N) is 3. The van der Waals surface area contributed by atoms with Crippen molar-refractivity contribution < 1.29 is 5.11 Å². The van der Waals surface area contributed by atoms with Crippen LogP contribution in [0.5, 0.6) is 5.75 Å². The lowest BCUT2D eigenvalue weighted by Crippen LogP contribution is -1.97. The molecule has 0 bridgehead atoms. The molecular formula is C10H10ClN3O. The fourth-order valence-corrected chi connectivity index (χ4v) is 1.68. The van der Waals surface area contributed by atoms with Gasteiger partial charge >= 0.3 is 0 Å². The molecule has 0 saturated heterocycles. The van der Waals surface area contributed by atoms with E-state index in [1.807, 2.05) is 6.92 Å². The molecule has 5 heteroatoms. The van der Waals surface area contributed by atoms with E-state index in [4.69, 9.17) is 11.6 Å². The van der Waals surface area contributed by atoms with Gasteiger partial charge in [0.1, 0.15) is 0 Å². The second-order valence-electron chi connectivity index (χ2n) is 3.26. The minimum absolute atomic E-state index is 0.0722. The Hall–Kier alpha value is -1.55. The zero-order valence-electron chi connectivity index (χ0n) is 8.24. The summed E-state index contributed by atoms with van der Waals surface area (Å²) >= 11 is 5.93. The molecular weight excluding hydrogens is 214 g/mol. The summed E-state index contributed by atoms with van der Waals surface area (Å²) in [4.78, 5) is 4.15. The molecule has 0 saturated carbocycles. The molecule has 0 aliphatic rings. The van der Waals surface area contributed by atoms with Crippen LogP contribution < -0.4 is 0 Å². The summed E-state index contributed by atoms with van der Waals surface area (Å²) in [6.07, 6.45) is 3.84. The molecule has 0 amide bonds. The van der Waals surface area contributed by atoms with Gasteiger partial charge in [0, 0.05) is 5.56 Å². The summed E-state index contributed by atoms with van der Waals surface area (Å²) in [5.41, 5.74) is 1.77. The van der Waals surface area contributed by atoms with Gasteiger partial charge in [-0.2, -0.15) is 5.10 Å². The third-order valence-corrected chi connectivity index (χ3v) is 2.40. The lowest BCUT2D eigenvalue weighted by molar-refractivity contribution is 0.469. The van der Waals surface area contributed by atoms with Crippen LogP contribution >= 0.6 is 11.6 Å². The lowest BCUT2D eigenvalue weighted by atomic mass is 10.2. The predicted octanol–water partition coefficient (Wildman–Crippen LogP) is 2.13. The maximum Gasteiger partial charge on any atom is 0.196 e. The predicted molar refractivity (Wildman–Crippen MR) is 58.3 cm³/mol. The molecule has 78 valence electrons. The number of rotatable bonds is 2. The average Bonchev–Trinajstić information content (AvgIpc) is 2.53. The summed E-state index contributed by atoms with van der Waals surface area (Å²) in [6, 6.07) is 0. The van der Waals surface area contributed by atoms with E-state index in [2.05, 4.69) is 16.7 Å². The second-order valence-corrected chi connectivity index (χ2v) is 3.62. The largest absolute Gasteiger partial charge is 0.504 e. The van der Waals surface area contributed by atoms with E-state index in [0.717, 1.165) is 5.69 Å². The molecule has 0 spiro atoms. The van der Waals surface area contributed by atoms with E-state index in [0.29, 0.717) is 17.6 Å². The smallest absolute Gasteiger partial charge is 0.196 e. The van der Waals surface area contributed by atoms with Gasteiger partial charge in [0.15, 0.2) is 16.5 Å². The molecule has 0 aromatic carbocycles. The quantitative estimate of drug-likeness (QED) is 0.794. The number of allylic oxidation sites excluding steroid dienone is 1. The fourth-order valence-electron chi connectivity index (χ4n) is 1.44. The highest BCUT2D eigenvalue weighted by Gasteiger charge is 2.13. The Morgan fingerprint density at radius 1 is 1.67 bits per heavy atom. The van der Waals surface area contributed by atoms with E-state index in [-0.39, 0.29) is 10.9 Å². The molecule has 0 atom stereocenters. The van der Waals surface area contributed by atoms with Gasteiger partial charge in [0.2, 0.25) is 0 Å². The molecule has 0 fully saturated rings. The molecule has 15 heavy (non-hydrogen) atoms. The Labute approximate surface area is 91.8 Å². The van der Waals surface area contributed by atoms with Crippen LogP contribution in [0.1, 0.15) is 11.3 Å². The van der Waals surface area contributed by atoms with E-state index >= 15 is 0 Å². The number of aromatic nitrogens is 3. The van der Waals surface area contributed by atoms with Crippen molar-refractivity contribution in [2.75, 3.05) is 0 Å². The molecule has 1 N–H and O–H groups in total. The van der Waals surface area contributed by atoms with Crippen molar-refractivity contribution in [3.05, 3.63) is 35.3 Å². The summed E-state index contributed by atoms with van der Waals surface area (Å²) < 4.78 is 1.47. The average molecular weight is 224 g/mol. The first-order valence-corrected chi connectivity index (χ1v) is 4.85. The van der Waals surface area contributed by atoms with Gasteiger partial charge in [0.25, 0.3) is 0 Å². The molecule has 0 unspecified atom stereocenters. The molecule has 0 aliphatic heterocycles. The van der Waals surface area contributed by atoms with Crippen molar-refractivity contribution in [1.29, 1.82) is 0 Å². The Balaban J connectivity index is 2.76. The summed E-state index contributed by atoms with van der Waals surface area (Å²) in [5, 5.41) is 14.3. The zero-order chi connectivity index (χ0) is 11.0. The van der Waals surface area contributed by atoms with Crippen LogP contribution in [0.4, 0.5) is 0 Å². The van der Waals surface area contributed by atoms with Crippen LogP contribution in [0.15, 0.2) is 18.9 Å². The number of hydrogen-bond donors (Lipinski definition) is 1. The molecule has 4 nitrogen and oxygen atoms in total. The third-order valence-electron chi connectivity index (χ3n) is 2.10. The molecule has 2 aromatic heterocycles. The minimum Gasteiger partial charge on any atom is -0.504 e. The van der Waals surface area contributed by atoms with Crippen LogP contribution in [-0.2, 0) is 6.42 Å². The SMILES string of the molecule is C=CCc1c(Cl)nn2cc(C)nc2c1O. The van der Waals surface area contributed by atoms with Crippen molar-refractivity contribution >= 4 is 17.2 Å². The van der Waals surface area contributed by atoms with E-state index < -0.39 is 0 Å². The van der Waals surface area contributed by atoms with Crippen molar-refractivity contribution in [3.63, 3.8) is 0 Å². The third kappa shape index (κ3) is 1.57. The van der Waals surface area contributed by atoms with E-state index in [1.54, 1.807) is 12.3 Å². The topological polar surface area (TPSA) is 50.4 Å².